The Kier molecular flexibility index (Phi) is 6.77. The van der Waals surface area contributed by atoms with E-state index in [1.165, 1.54) is 31.2 Å². The van der Waals surface area contributed by atoms with Crippen molar-refractivity contribution in [2.24, 2.45) is 0 Å². The number of carbonyl (C=O) groups excluding carboxylic acids is 1. The largest absolute Gasteiger partial charge is 0.343 e. The Balaban J connectivity index is 1.30. The first-order chi connectivity index (χ1) is 14.7. The van der Waals surface area contributed by atoms with Gasteiger partial charge in [-0.1, -0.05) is 41.7 Å². The third-order valence-corrected chi connectivity index (χ3v) is 5.54. The van der Waals surface area contributed by atoms with Crippen molar-refractivity contribution in [3.63, 3.8) is 0 Å². The van der Waals surface area contributed by atoms with E-state index in [1.807, 2.05) is 36.4 Å². The Morgan fingerprint density at radius 2 is 1.70 bits per heavy atom. The van der Waals surface area contributed by atoms with Crippen LogP contribution in [0, 0.1) is 0 Å². The Hall–Kier alpha value is -2.70. The number of hydrogen-bond acceptors (Lipinski definition) is 5. The van der Waals surface area contributed by atoms with Gasteiger partial charge in [0.15, 0.2) is 0 Å². The van der Waals surface area contributed by atoms with Crippen molar-refractivity contribution in [2.45, 2.75) is 38.8 Å². The van der Waals surface area contributed by atoms with E-state index in [0.29, 0.717) is 22.3 Å². The van der Waals surface area contributed by atoms with Crippen molar-refractivity contribution < 1.29 is 9.32 Å². The molecule has 30 heavy (non-hydrogen) atoms. The second-order valence-electron chi connectivity index (χ2n) is 7.59. The molecule has 0 atom stereocenters. The molecular formula is C23H25ClN4O2. The molecular weight excluding hydrogens is 400 g/mol. The second kappa shape index (κ2) is 9.87. The van der Waals surface area contributed by atoms with E-state index in [0.717, 1.165) is 25.2 Å². The molecule has 1 saturated heterocycles. The van der Waals surface area contributed by atoms with Crippen LogP contribution in [0.3, 0.4) is 0 Å². The first-order valence-corrected chi connectivity index (χ1v) is 10.7. The topological polar surface area (TPSA) is 71.3 Å². The third kappa shape index (κ3) is 5.46. The lowest BCUT2D eigenvalue weighted by Gasteiger charge is -2.19. The van der Waals surface area contributed by atoms with E-state index >= 15 is 0 Å². The molecule has 1 fully saturated rings. The lowest BCUT2D eigenvalue weighted by molar-refractivity contribution is 0.0946. The summed E-state index contributed by atoms with van der Waals surface area (Å²) in [5, 5.41) is 7.43. The maximum atomic E-state index is 12.5. The maximum absolute atomic E-state index is 12.5. The molecule has 0 bridgehead atoms. The summed E-state index contributed by atoms with van der Waals surface area (Å²) in [6, 6.07) is 15.0. The molecule has 4 rings (SSSR count). The molecule has 0 unspecified atom stereocenters. The van der Waals surface area contributed by atoms with E-state index in [1.54, 1.807) is 12.1 Å². The molecule has 7 heteroatoms. The number of nitrogens with one attached hydrogen (secondary N) is 1. The molecule has 0 radical (unpaired) electrons. The van der Waals surface area contributed by atoms with Crippen molar-refractivity contribution in [3.05, 3.63) is 70.6 Å². The molecule has 0 spiro atoms. The van der Waals surface area contributed by atoms with E-state index in [2.05, 4.69) is 20.4 Å². The lowest BCUT2D eigenvalue weighted by atomic mass is 10.1. The van der Waals surface area contributed by atoms with Gasteiger partial charge in [-0.15, -0.1) is 0 Å². The van der Waals surface area contributed by atoms with Gasteiger partial charge < -0.3 is 9.84 Å². The Morgan fingerprint density at radius 1 is 1.00 bits per heavy atom. The highest BCUT2D eigenvalue weighted by Crippen LogP contribution is 2.19. The Bertz CT molecular complexity index is 962. The zero-order valence-corrected chi connectivity index (χ0v) is 17.6. The zero-order valence-electron chi connectivity index (χ0n) is 16.8. The highest BCUT2D eigenvalue weighted by Gasteiger charge is 2.12. The fourth-order valence-corrected chi connectivity index (χ4v) is 3.74. The van der Waals surface area contributed by atoms with Gasteiger partial charge in [0.25, 0.3) is 5.91 Å². The summed E-state index contributed by atoms with van der Waals surface area (Å²) in [5.41, 5.74) is 2.66. The SMILES string of the molecule is O=C(NCc1nc(-c2ccc(Cl)cc2)no1)c1ccc(CN2CCCCCC2)cc1. The first-order valence-electron chi connectivity index (χ1n) is 10.4. The van der Waals surface area contributed by atoms with Gasteiger partial charge in [-0.25, -0.2) is 0 Å². The Morgan fingerprint density at radius 3 is 2.40 bits per heavy atom. The number of likely N-dealkylation sites (tertiary alicyclic amines) is 1. The van der Waals surface area contributed by atoms with Crippen LogP contribution in [0.15, 0.2) is 53.1 Å². The van der Waals surface area contributed by atoms with Crippen LogP contribution in [0.4, 0.5) is 0 Å². The third-order valence-electron chi connectivity index (χ3n) is 5.29. The van der Waals surface area contributed by atoms with Crippen molar-refractivity contribution in [1.29, 1.82) is 0 Å². The summed E-state index contributed by atoms with van der Waals surface area (Å²) in [5.74, 6) is 0.655. The normalized spacial score (nSPS) is 15.0. The molecule has 1 aromatic heterocycles. The average molecular weight is 425 g/mol. The number of hydrogen-bond donors (Lipinski definition) is 1. The fourth-order valence-electron chi connectivity index (χ4n) is 3.61. The molecule has 3 aromatic rings. The van der Waals surface area contributed by atoms with Gasteiger partial charge in [0.2, 0.25) is 11.7 Å². The number of halogens is 1. The summed E-state index contributed by atoms with van der Waals surface area (Å²) >= 11 is 5.90. The van der Waals surface area contributed by atoms with Crippen molar-refractivity contribution in [1.82, 2.24) is 20.4 Å². The predicted molar refractivity (Wildman–Crippen MR) is 116 cm³/mol. The van der Waals surface area contributed by atoms with E-state index in [-0.39, 0.29) is 12.5 Å². The van der Waals surface area contributed by atoms with E-state index in [4.69, 9.17) is 16.1 Å². The van der Waals surface area contributed by atoms with E-state index < -0.39 is 0 Å². The summed E-state index contributed by atoms with van der Waals surface area (Å²) in [6.07, 6.45) is 5.21. The van der Waals surface area contributed by atoms with E-state index in [9.17, 15) is 4.79 Å². The maximum Gasteiger partial charge on any atom is 0.251 e. The van der Waals surface area contributed by atoms with Crippen molar-refractivity contribution in [3.8, 4) is 11.4 Å². The molecule has 2 aromatic carbocycles. The molecule has 6 nitrogen and oxygen atoms in total. The van der Waals surface area contributed by atoms with Gasteiger partial charge in [0, 0.05) is 22.7 Å². The summed E-state index contributed by atoms with van der Waals surface area (Å²) < 4.78 is 5.24. The van der Waals surface area contributed by atoms with Crippen LogP contribution in [-0.4, -0.2) is 34.0 Å². The molecule has 156 valence electrons. The molecule has 0 saturated carbocycles. The van der Waals surface area contributed by atoms with Gasteiger partial charge in [-0.2, -0.15) is 4.98 Å². The van der Waals surface area contributed by atoms with Gasteiger partial charge >= 0.3 is 0 Å². The summed E-state index contributed by atoms with van der Waals surface area (Å²) in [6.45, 7) is 3.43. The summed E-state index contributed by atoms with van der Waals surface area (Å²) in [7, 11) is 0. The minimum absolute atomic E-state index is 0.164. The molecule has 1 aliphatic heterocycles. The fraction of sp³-hybridized carbons (Fsp3) is 0.348. The van der Waals surface area contributed by atoms with Gasteiger partial charge in [0.1, 0.15) is 0 Å². The number of nitrogens with zero attached hydrogens (tertiary/aromatic N) is 3. The monoisotopic (exact) mass is 424 g/mol. The van der Waals surface area contributed by atoms with Gasteiger partial charge in [0.05, 0.1) is 6.54 Å². The second-order valence-corrected chi connectivity index (χ2v) is 8.03. The zero-order chi connectivity index (χ0) is 20.8. The number of benzene rings is 2. The van der Waals surface area contributed by atoms with Crippen LogP contribution in [-0.2, 0) is 13.1 Å². The standard InChI is InChI=1S/C23H25ClN4O2/c24-20-11-9-18(10-12-20)22-26-21(30-27-22)15-25-23(29)19-7-5-17(6-8-19)16-28-13-3-1-2-4-14-28/h5-12H,1-4,13-16H2,(H,25,29). The average Bonchev–Trinajstić information content (AvgIpc) is 3.09. The van der Waals surface area contributed by atoms with Crippen LogP contribution in [0.1, 0.15) is 47.5 Å². The number of carbonyl (C=O) groups is 1. The van der Waals surface area contributed by atoms with Crippen LogP contribution >= 0.6 is 11.6 Å². The van der Waals surface area contributed by atoms with Crippen molar-refractivity contribution >= 4 is 17.5 Å². The number of rotatable bonds is 6. The Labute approximate surface area is 181 Å². The molecule has 0 aliphatic carbocycles. The quantitative estimate of drug-likeness (QED) is 0.621. The van der Waals surface area contributed by atoms with Crippen molar-refractivity contribution in [2.75, 3.05) is 13.1 Å². The van der Waals surface area contributed by atoms with Gasteiger partial charge in [-0.3, -0.25) is 9.69 Å². The number of aromatic nitrogens is 2. The van der Waals surface area contributed by atoms with Crippen LogP contribution in [0.2, 0.25) is 5.02 Å². The first kappa shape index (κ1) is 20.6. The lowest BCUT2D eigenvalue weighted by Crippen LogP contribution is -2.24. The van der Waals surface area contributed by atoms with Gasteiger partial charge in [-0.05, 0) is 67.9 Å². The number of amides is 1. The predicted octanol–water partition coefficient (Wildman–Crippen LogP) is 4.70. The minimum Gasteiger partial charge on any atom is -0.343 e. The van der Waals surface area contributed by atoms with Crippen LogP contribution in [0.25, 0.3) is 11.4 Å². The molecule has 1 aliphatic rings. The minimum atomic E-state index is -0.164. The molecule has 2 heterocycles. The molecule has 1 amide bonds. The highest BCUT2D eigenvalue weighted by atomic mass is 35.5. The van der Waals surface area contributed by atoms with Crippen LogP contribution < -0.4 is 5.32 Å². The molecule has 1 N–H and O–H groups in total. The van der Waals surface area contributed by atoms with Crippen LogP contribution in [0.5, 0.6) is 0 Å². The highest BCUT2D eigenvalue weighted by molar-refractivity contribution is 6.30. The smallest absolute Gasteiger partial charge is 0.251 e. The summed E-state index contributed by atoms with van der Waals surface area (Å²) in [4.78, 5) is 19.3.